The van der Waals surface area contributed by atoms with Gasteiger partial charge in [0.25, 0.3) is 0 Å². The van der Waals surface area contributed by atoms with Crippen LogP contribution in [0.25, 0.3) is 0 Å². The van der Waals surface area contributed by atoms with Gasteiger partial charge in [0, 0.05) is 6.04 Å². The molecule has 1 nitrogen and oxygen atoms in total. The van der Waals surface area contributed by atoms with Gasteiger partial charge >= 0.3 is 0 Å². The van der Waals surface area contributed by atoms with Crippen LogP contribution in [0.5, 0.6) is 0 Å². The monoisotopic (exact) mass is 197 g/mol. The van der Waals surface area contributed by atoms with Crippen molar-refractivity contribution in [1.29, 1.82) is 0 Å². The lowest BCUT2D eigenvalue weighted by molar-refractivity contribution is 0.327. The molecule has 1 aliphatic carbocycles. The molecule has 0 amide bonds. The minimum Gasteiger partial charge on any atom is -0.317 e. The number of hydrogen-bond acceptors (Lipinski definition) is 1. The second kappa shape index (κ2) is 5.75. The van der Waals surface area contributed by atoms with E-state index in [0.29, 0.717) is 0 Å². The standard InChI is InChI=1S/C13H27N/c1-10(2)6-5-7-13(14-4)11(3)12-8-9-12/h10-14H,5-9H2,1-4H3. The highest BCUT2D eigenvalue weighted by atomic mass is 14.9. The molecule has 1 rings (SSSR count). The van der Waals surface area contributed by atoms with Gasteiger partial charge in [0.15, 0.2) is 0 Å². The predicted molar refractivity (Wildman–Crippen MR) is 63.4 cm³/mol. The Morgan fingerprint density at radius 1 is 1.14 bits per heavy atom. The highest BCUT2D eigenvalue weighted by Crippen LogP contribution is 2.39. The smallest absolute Gasteiger partial charge is 0.00923 e. The minimum atomic E-state index is 0.765. The van der Waals surface area contributed by atoms with Crippen LogP contribution < -0.4 is 5.32 Å². The fourth-order valence-electron chi connectivity index (χ4n) is 2.37. The molecular weight excluding hydrogens is 170 g/mol. The Kier molecular flexibility index (Phi) is 4.94. The van der Waals surface area contributed by atoms with E-state index in [-0.39, 0.29) is 0 Å². The summed E-state index contributed by atoms with van der Waals surface area (Å²) in [6.07, 6.45) is 7.09. The summed E-state index contributed by atoms with van der Waals surface area (Å²) in [6.45, 7) is 7.06. The molecule has 1 fully saturated rings. The van der Waals surface area contributed by atoms with E-state index in [2.05, 4.69) is 33.1 Å². The Morgan fingerprint density at radius 2 is 1.79 bits per heavy atom. The van der Waals surface area contributed by atoms with Crippen LogP contribution in [0.15, 0.2) is 0 Å². The first kappa shape index (κ1) is 12.0. The first-order valence-corrected chi connectivity index (χ1v) is 6.32. The Morgan fingerprint density at radius 3 is 2.21 bits per heavy atom. The van der Waals surface area contributed by atoms with Crippen LogP contribution in [0.2, 0.25) is 0 Å². The summed E-state index contributed by atoms with van der Waals surface area (Å²) in [6, 6.07) is 0.765. The van der Waals surface area contributed by atoms with Crippen molar-refractivity contribution in [2.45, 2.75) is 58.9 Å². The minimum absolute atomic E-state index is 0.765. The molecule has 14 heavy (non-hydrogen) atoms. The van der Waals surface area contributed by atoms with Crippen molar-refractivity contribution in [3.8, 4) is 0 Å². The molecule has 1 aliphatic rings. The van der Waals surface area contributed by atoms with Crippen LogP contribution in [0.1, 0.15) is 52.9 Å². The lowest BCUT2D eigenvalue weighted by Gasteiger charge is -2.23. The Bertz CT molecular complexity index is 149. The number of rotatable bonds is 7. The molecule has 1 saturated carbocycles. The predicted octanol–water partition coefficient (Wildman–Crippen LogP) is 3.45. The molecule has 0 aliphatic heterocycles. The zero-order valence-electron chi connectivity index (χ0n) is 10.3. The Hall–Kier alpha value is -0.0400. The molecular formula is C13H27N. The molecule has 1 N–H and O–H groups in total. The van der Waals surface area contributed by atoms with Gasteiger partial charge in [-0.25, -0.2) is 0 Å². The van der Waals surface area contributed by atoms with Crippen LogP contribution in [-0.4, -0.2) is 13.1 Å². The largest absolute Gasteiger partial charge is 0.317 e. The van der Waals surface area contributed by atoms with Gasteiger partial charge in [-0.2, -0.15) is 0 Å². The molecule has 2 atom stereocenters. The SMILES string of the molecule is CNC(CCCC(C)C)C(C)C1CC1. The van der Waals surface area contributed by atoms with E-state index in [1.54, 1.807) is 0 Å². The molecule has 0 aromatic rings. The van der Waals surface area contributed by atoms with Crippen molar-refractivity contribution >= 4 is 0 Å². The Labute approximate surface area is 89.7 Å². The van der Waals surface area contributed by atoms with E-state index in [9.17, 15) is 0 Å². The first-order valence-electron chi connectivity index (χ1n) is 6.32. The van der Waals surface area contributed by atoms with Crippen LogP contribution in [0.3, 0.4) is 0 Å². The quantitative estimate of drug-likeness (QED) is 0.659. The summed E-state index contributed by atoms with van der Waals surface area (Å²) in [5.74, 6) is 2.79. The third-order valence-corrected chi connectivity index (χ3v) is 3.67. The highest BCUT2D eigenvalue weighted by molar-refractivity contribution is 4.85. The normalized spacial score (nSPS) is 21.2. The fourth-order valence-corrected chi connectivity index (χ4v) is 2.37. The van der Waals surface area contributed by atoms with Crippen molar-refractivity contribution in [3.63, 3.8) is 0 Å². The van der Waals surface area contributed by atoms with Crippen LogP contribution >= 0.6 is 0 Å². The van der Waals surface area contributed by atoms with Gasteiger partial charge in [0.05, 0.1) is 0 Å². The van der Waals surface area contributed by atoms with Gasteiger partial charge in [0.2, 0.25) is 0 Å². The van der Waals surface area contributed by atoms with Gasteiger partial charge in [-0.3, -0.25) is 0 Å². The molecule has 2 unspecified atom stereocenters. The van der Waals surface area contributed by atoms with Crippen molar-refractivity contribution in [1.82, 2.24) is 5.32 Å². The van der Waals surface area contributed by atoms with E-state index in [0.717, 1.165) is 23.8 Å². The molecule has 1 heteroatoms. The summed E-state index contributed by atoms with van der Waals surface area (Å²) in [5, 5.41) is 3.50. The second-order valence-corrected chi connectivity index (χ2v) is 5.42. The Balaban J connectivity index is 2.16. The summed E-state index contributed by atoms with van der Waals surface area (Å²) in [4.78, 5) is 0. The van der Waals surface area contributed by atoms with Gasteiger partial charge in [-0.15, -0.1) is 0 Å². The zero-order chi connectivity index (χ0) is 10.6. The van der Waals surface area contributed by atoms with Gasteiger partial charge in [-0.05, 0) is 44.1 Å². The maximum atomic E-state index is 3.50. The number of hydrogen-bond donors (Lipinski definition) is 1. The molecule has 0 aromatic carbocycles. The number of nitrogens with one attached hydrogen (secondary N) is 1. The van der Waals surface area contributed by atoms with Crippen molar-refractivity contribution in [3.05, 3.63) is 0 Å². The van der Waals surface area contributed by atoms with Gasteiger partial charge < -0.3 is 5.32 Å². The topological polar surface area (TPSA) is 12.0 Å². The maximum absolute atomic E-state index is 3.50. The van der Waals surface area contributed by atoms with Crippen molar-refractivity contribution in [2.75, 3.05) is 7.05 Å². The van der Waals surface area contributed by atoms with E-state index in [4.69, 9.17) is 0 Å². The van der Waals surface area contributed by atoms with Crippen LogP contribution in [0, 0.1) is 17.8 Å². The lowest BCUT2D eigenvalue weighted by atomic mass is 9.91. The summed E-state index contributed by atoms with van der Waals surface area (Å²) >= 11 is 0. The average molecular weight is 197 g/mol. The first-order chi connectivity index (χ1) is 6.65. The van der Waals surface area contributed by atoms with Crippen LogP contribution in [-0.2, 0) is 0 Å². The van der Waals surface area contributed by atoms with E-state index >= 15 is 0 Å². The fraction of sp³-hybridized carbons (Fsp3) is 1.00. The molecule has 0 aromatic heterocycles. The lowest BCUT2D eigenvalue weighted by Crippen LogP contribution is -2.33. The van der Waals surface area contributed by atoms with E-state index in [1.165, 1.54) is 32.1 Å². The second-order valence-electron chi connectivity index (χ2n) is 5.42. The zero-order valence-corrected chi connectivity index (χ0v) is 10.3. The third-order valence-electron chi connectivity index (χ3n) is 3.67. The van der Waals surface area contributed by atoms with E-state index < -0.39 is 0 Å². The van der Waals surface area contributed by atoms with Gasteiger partial charge in [-0.1, -0.05) is 33.6 Å². The highest BCUT2D eigenvalue weighted by Gasteiger charge is 2.32. The molecule has 0 saturated heterocycles. The summed E-state index contributed by atoms with van der Waals surface area (Å²) < 4.78 is 0. The van der Waals surface area contributed by atoms with Crippen molar-refractivity contribution in [2.24, 2.45) is 17.8 Å². The van der Waals surface area contributed by atoms with E-state index in [1.807, 2.05) is 0 Å². The summed E-state index contributed by atoms with van der Waals surface area (Å²) in [7, 11) is 2.12. The molecule has 84 valence electrons. The van der Waals surface area contributed by atoms with Crippen molar-refractivity contribution < 1.29 is 0 Å². The van der Waals surface area contributed by atoms with Crippen LogP contribution in [0.4, 0.5) is 0 Å². The molecule has 0 heterocycles. The molecule has 0 radical (unpaired) electrons. The average Bonchev–Trinajstić information content (AvgIpc) is 2.94. The molecule has 0 bridgehead atoms. The van der Waals surface area contributed by atoms with Gasteiger partial charge in [0.1, 0.15) is 0 Å². The third kappa shape index (κ3) is 4.00. The summed E-state index contributed by atoms with van der Waals surface area (Å²) in [5.41, 5.74) is 0. The maximum Gasteiger partial charge on any atom is 0.00923 e. The molecule has 0 spiro atoms.